The molecule has 5 heteroatoms. The Hall–Kier alpha value is -1.26. The summed E-state index contributed by atoms with van der Waals surface area (Å²) in [5.74, 6) is -0.940. The van der Waals surface area contributed by atoms with Crippen LogP contribution in [0.2, 0.25) is 5.02 Å². The van der Waals surface area contributed by atoms with Crippen molar-refractivity contribution in [3.05, 3.63) is 28.8 Å². The Morgan fingerprint density at radius 1 is 1.47 bits per heavy atom. The number of para-hydroxylation sites is 1. The molecule has 0 atom stereocenters. The number of rotatable bonds is 4. The largest absolute Gasteiger partial charge is 0.478 e. The number of hydrogen-bond acceptors (Lipinski definition) is 3. The highest BCUT2D eigenvalue weighted by molar-refractivity contribution is 6.34. The third kappa shape index (κ3) is 3.19. The average molecular weight is 284 g/mol. The van der Waals surface area contributed by atoms with Crippen LogP contribution < -0.4 is 4.90 Å². The van der Waals surface area contributed by atoms with Crippen LogP contribution in [0.3, 0.4) is 0 Å². The molecule has 1 fully saturated rings. The van der Waals surface area contributed by atoms with Gasteiger partial charge in [0.1, 0.15) is 0 Å². The number of halogens is 1. The van der Waals surface area contributed by atoms with E-state index in [0.717, 1.165) is 32.5 Å². The molecule has 0 unspecified atom stereocenters. The van der Waals surface area contributed by atoms with Crippen molar-refractivity contribution in [3.63, 3.8) is 0 Å². The second-order valence-electron chi connectivity index (χ2n) is 4.58. The molecule has 0 amide bonds. The van der Waals surface area contributed by atoms with E-state index < -0.39 is 5.97 Å². The van der Waals surface area contributed by atoms with Crippen molar-refractivity contribution in [2.24, 2.45) is 0 Å². The van der Waals surface area contributed by atoms with Gasteiger partial charge in [-0.1, -0.05) is 17.7 Å². The number of aromatic carboxylic acids is 1. The number of hydrogen-bond donors (Lipinski definition) is 1. The Morgan fingerprint density at radius 3 is 2.74 bits per heavy atom. The number of anilines is 1. The molecule has 0 saturated carbocycles. The van der Waals surface area contributed by atoms with Crippen molar-refractivity contribution in [1.82, 2.24) is 0 Å². The monoisotopic (exact) mass is 283 g/mol. The second-order valence-corrected chi connectivity index (χ2v) is 4.99. The highest BCUT2D eigenvalue weighted by atomic mass is 35.5. The molecule has 0 bridgehead atoms. The number of carbonyl (C=O) groups is 1. The van der Waals surface area contributed by atoms with Crippen LogP contribution in [0.1, 0.15) is 30.1 Å². The number of ether oxygens (including phenoxy) is 1. The van der Waals surface area contributed by atoms with Gasteiger partial charge in [-0.2, -0.15) is 0 Å². The van der Waals surface area contributed by atoms with E-state index in [1.807, 2.05) is 11.8 Å². The normalized spacial score (nSPS) is 16.6. The van der Waals surface area contributed by atoms with E-state index >= 15 is 0 Å². The molecular formula is C14H18ClNO3. The quantitative estimate of drug-likeness (QED) is 0.923. The van der Waals surface area contributed by atoms with Gasteiger partial charge >= 0.3 is 5.97 Å². The molecule has 0 aromatic heterocycles. The van der Waals surface area contributed by atoms with Gasteiger partial charge in [0.15, 0.2) is 0 Å². The number of nitrogens with zero attached hydrogens (tertiary/aromatic N) is 1. The minimum Gasteiger partial charge on any atom is -0.478 e. The minimum atomic E-state index is -0.940. The Kier molecular flexibility index (Phi) is 4.66. The molecule has 1 heterocycles. The lowest BCUT2D eigenvalue weighted by atomic mass is 10.0. The molecule has 1 aliphatic rings. The van der Waals surface area contributed by atoms with Gasteiger partial charge in [0.25, 0.3) is 0 Å². The Balaban J connectivity index is 2.17. The number of carboxylic acid groups (broad SMARTS) is 1. The van der Waals surface area contributed by atoms with Crippen LogP contribution in [0.5, 0.6) is 0 Å². The summed E-state index contributed by atoms with van der Waals surface area (Å²) in [6, 6.07) is 5.00. The van der Waals surface area contributed by atoms with Crippen molar-refractivity contribution >= 4 is 23.3 Å². The summed E-state index contributed by atoms with van der Waals surface area (Å²) in [4.78, 5) is 13.3. The average Bonchev–Trinajstić information content (AvgIpc) is 2.40. The molecule has 19 heavy (non-hydrogen) atoms. The van der Waals surface area contributed by atoms with Crippen molar-refractivity contribution in [3.8, 4) is 0 Å². The standard InChI is InChI=1S/C14H18ClNO3/c1-2-19-10-6-8-16(9-7-10)13-11(14(17)18)4-3-5-12(13)15/h3-5,10H,2,6-9H2,1H3,(H,17,18). The van der Waals surface area contributed by atoms with E-state index in [1.54, 1.807) is 18.2 Å². The maximum Gasteiger partial charge on any atom is 0.337 e. The van der Waals surface area contributed by atoms with E-state index in [9.17, 15) is 9.90 Å². The zero-order chi connectivity index (χ0) is 13.8. The number of carboxylic acids is 1. The van der Waals surface area contributed by atoms with E-state index in [2.05, 4.69) is 0 Å². The van der Waals surface area contributed by atoms with E-state index in [-0.39, 0.29) is 11.7 Å². The maximum atomic E-state index is 11.3. The van der Waals surface area contributed by atoms with Gasteiger partial charge in [-0.15, -0.1) is 0 Å². The van der Waals surface area contributed by atoms with E-state index in [1.165, 1.54) is 0 Å². The molecule has 1 N–H and O–H groups in total. The summed E-state index contributed by atoms with van der Waals surface area (Å²) in [5.41, 5.74) is 0.897. The first kappa shape index (κ1) is 14.2. The summed E-state index contributed by atoms with van der Waals surface area (Å²) in [7, 11) is 0. The number of piperidine rings is 1. The predicted molar refractivity (Wildman–Crippen MR) is 75.3 cm³/mol. The molecule has 104 valence electrons. The lowest BCUT2D eigenvalue weighted by Gasteiger charge is -2.34. The minimum absolute atomic E-state index is 0.266. The molecule has 0 radical (unpaired) electrons. The molecule has 0 aliphatic carbocycles. The SMILES string of the molecule is CCOC1CCN(c2c(Cl)cccc2C(=O)O)CC1. The van der Waals surface area contributed by atoms with Crippen LogP contribution in [-0.4, -0.2) is 36.9 Å². The zero-order valence-corrected chi connectivity index (χ0v) is 11.7. The molecule has 0 spiro atoms. The van der Waals surface area contributed by atoms with Gasteiger partial charge in [-0.05, 0) is 31.9 Å². The van der Waals surface area contributed by atoms with Crippen LogP contribution in [0.15, 0.2) is 18.2 Å². The van der Waals surface area contributed by atoms with Gasteiger partial charge in [-0.3, -0.25) is 0 Å². The van der Waals surface area contributed by atoms with E-state index in [0.29, 0.717) is 10.7 Å². The third-order valence-corrected chi connectivity index (χ3v) is 3.68. The fourth-order valence-corrected chi connectivity index (χ4v) is 2.79. The van der Waals surface area contributed by atoms with Crippen molar-refractivity contribution < 1.29 is 14.6 Å². The van der Waals surface area contributed by atoms with Gasteiger partial charge < -0.3 is 14.7 Å². The lowest BCUT2D eigenvalue weighted by Crippen LogP contribution is -2.38. The van der Waals surface area contributed by atoms with Crippen LogP contribution in [-0.2, 0) is 4.74 Å². The molecule has 1 saturated heterocycles. The van der Waals surface area contributed by atoms with Gasteiger partial charge in [-0.25, -0.2) is 4.79 Å². The van der Waals surface area contributed by atoms with Crippen molar-refractivity contribution in [1.29, 1.82) is 0 Å². The van der Waals surface area contributed by atoms with Crippen molar-refractivity contribution in [2.75, 3.05) is 24.6 Å². The van der Waals surface area contributed by atoms with E-state index in [4.69, 9.17) is 16.3 Å². The second kappa shape index (κ2) is 6.26. The highest BCUT2D eigenvalue weighted by Crippen LogP contribution is 2.32. The van der Waals surface area contributed by atoms with Gasteiger partial charge in [0, 0.05) is 19.7 Å². The Bertz CT molecular complexity index is 456. The first-order valence-electron chi connectivity index (χ1n) is 6.51. The smallest absolute Gasteiger partial charge is 0.337 e. The fraction of sp³-hybridized carbons (Fsp3) is 0.500. The number of benzene rings is 1. The maximum absolute atomic E-state index is 11.3. The summed E-state index contributed by atoms with van der Waals surface area (Å²) in [6.45, 7) is 4.25. The molecular weight excluding hydrogens is 266 g/mol. The molecule has 1 aromatic carbocycles. The predicted octanol–water partition coefficient (Wildman–Crippen LogP) is 3.04. The molecule has 2 rings (SSSR count). The molecule has 4 nitrogen and oxygen atoms in total. The van der Waals surface area contributed by atoms with Crippen LogP contribution >= 0.6 is 11.6 Å². The Morgan fingerprint density at radius 2 is 2.16 bits per heavy atom. The highest BCUT2D eigenvalue weighted by Gasteiger charge is 2.24. The summed E-state index contributed by atoms with van der Waals surface area (Å²) < 4.78 is 5.60. The lowest BCUT2D eigenvalue weighted by molar-refractivity contribution is 0.0459. The first-order valence-corrected chi connectivity index (χ1v) is 6.89. The fourth-order valence-electron chi connectivity index (χ4n) is 2.49. The first-order chi connectivity index (χ1) is 9.13. The van der Waals surface area contributed by atoms with Crippen LogP contribution in [0.4, 0.5) is 5.69 Å². The molecule has 1 aromatic rings. The zero-order valence-electron chi connectivity index (χ0n) is 10.9. The van der Waals surface area contributed by atoms with Gasteiger partial charge in [0.2, 0.25) is 0 Å². The summed E-state index contributed by atoms with van der Waals surface area (Å²) in [5, 5.41) is 9.74. The molecule has 1 aliphatic heterocycles. The summed E-state index contributed by atoms with van der Waals surface area (Å²) >= 11 is 6.17. The van der Waals surface area contributed by atoms with Crippen LogP contribution in [0, 0.1) is 0 Å². The topological polar surface area (TPSA) is 49.8 Å². The van der Waals surface area contributed by atoms with Crippen LogP contribution in [0.25, 0.3) is 0 Å². The third-order valence-electron chi connectivity index (χ3n) is 3.38. The van der Waals surface area contributed by atoms with Crippen molar-refractivity contribution in [2.45, 2.75) is 25.9 Å². The Labute approximate surface area is 117 Å². The van der Waals surface area contributed by atoms with Gasteiger partial charge in [0.05, 0.1) is 22.4 Å². The summed E-state index contributed by atoms with van der Waals surface area (Å²) in [6.07, 6.45) is 2.08.